The summed E-state index contributed by atoms with van der Waals surface area (Å²) < 4.78 is 22.3. The van der Waals surface area contributed by atoms with Crippen molar-refractivity contribution >= 4 is 19.1 Å². The Bertz CT molecular complexity index is 752. The third-order valence-corrected chi connectivity index (χ3v) is 4.18. The zero-order chi connectivity index (χ0) is 19.1. The van der Waals surface area contributed by atoms with E-state index in [4.69, 9.17) is 18.8 Å². The summed E-state index contributed by atoms with van der Waals surface area (Å²) in [6.45, 7) is 2.08. The number of ether oxygens (including phenoxy) is 2. The molecule has 0 radical (unpaired) electrons. The third-order valence-electron chi connectivity index (χ3n) is 4.18. The molecule has 0 N–H and O–H groups in total. The molecule has 27 heavy (non-hydrogen) atoms. The summed E-state index contributed by atoms with van der Waals surface area (Å²) in [6.07, 6.45) is -0.615. The Morgan fingerprint density at radius 3 is 2.19 bits per heavy atom. The molecule has 2 aromatic carbocycles. The van der Waals surface area contributed by atoms with Crippen LogP contribution in [0.25, 0.3) is 0 Å². The van der Waals surface area contributed by atoms with Crippen molar-refractivity contribution in [2.24, 2.45) is 0 Å². The Kier molecular flexibility index (Phi) is 6.62. The quantitative estimate of drug-likeness (QED) is 0.577. The second kappa shape index (κ2) is 9.34. The van der Waals surface area contributed by atoms with E-state index in [-0.39, 0.29) is 13.2 Å². The molecule has 0 unspecified atom stereocenters. The van der Waals surface area contributed by atoms with Crippen LogP contribution in [0.2, 0.25) is 6.32 Å². The van der Waals surface area contributed by atoms with Gasteiger partial charge in [-0.15, -0.1) is 0 Å². The van der Waals surface area contributed by atoms with Gasteiger partial charge in [0.2, 0.25) is 0 Å². The monoisotopic (exact) mass is 368 g/mol. The van der Waals surface area contributed by atoms with Crippen molar-refractivity contribution in [1.29, 1.82) is 0 Å². The van der Waals surface area contributed by atoms with E-state index in [1.54, 1.807) is 48.5 Å². The van der Waals surface area contributed by atoms with Crippen molar-refractivity contribution in [3.8, 4) is 0 Å². The standard InChI is InChI=1S/C20H21BO6/c1-2-21-25-14-17(26-20(23)16-11-7-4-8-12-16)18(27-21)13-24-19(22)15-9-5-3-6-10-15/h3-12,17-18H,2,13-14H2,1H3/t17-,18+/m0/s1. The van der Waals surface area contributed by atoms with Crippen LogP contribution in [-0.4, -0.2) is 44.5 Å². The lowest BCUT2D eigenvalue weighted by Gasteiger charge is -2.34. The van der Waals surface area contributed by atoms with Crippen LogP contribution in [0, 0.1) is 0 Å². The molecule has 140 valence electrons. The van der Waals surface area contributed by atoms with E-state index in [0.29, 0.717) is 17.4 Å². The maximum absolute atomic E-state index is 12.3. The smallest absolute Gasteiger partial charge is 0.457 e. The Balaban J connectivity index is 1.63. The van der Waals surface area contributed by atoms with Crippen LogP contribution in [0.3, 0.4) is 0 Å². The van der Waals surface area contributed by atoms with Crippen molar-refractivity contribution in [3.63, 3.8) is 0 Å². The average molecular weight is 368 g/mol. The molecule has 0 amide bonds. The van der Waals surface area contributed by atoms with Gasteiger partial charge in [-0.2, -0.15) is 0 Å². The molecule has 0 spiro atoms. The van der Waals surface area contributed by atoms with Gasteiger partial charge in [-0.25, -0.2) is 9.59 Å². The van der Waals surface area contributed by atoms with Gasteiger partial charge in [-0.05, 0) is 30.6 Å². The van der Waals surface area contributed by atoms with Crippen LogP contribution in [0.1, 0.15) is 27.6 Å². The van der Waals surface area contributed by atoms with E-state index in [2.05, 4.69) is 0 Å². The molecular weight excluding hydrogens is 347 g/mol. The fourth-order valence-corrected chi connectivity index (χ4v) is 2.70. The van der Waals surface area contributed by atoms with Gasteiger partial charge in [0.1, 0.15) is 12.7 Å². The minimum Gasteiger partial charge on any atom is -0.459 e. The minimum atomic E-state index is -0.663. The first-order chi connectivity index (χ1) is 13.2. The van der Waals surface area contributed by atoms with Gasteiger partial charge in [-0.1, -0.05) is 43.3 Å². The average Bonchev–Trinajstić information content (AvgIpc) is 2.74. The lowest BCUT2D eigenvalue weighted by molar-refractivity contribution is -0.0836. The zero-order valence-electron chi connectivity index (χ0n) is 15.1. The van der Waals surface area contributed by atoms with Crippen LogP contribution in [-0.2, 0) is 18.8 Å². The highest BCUT2D eigenvalue weighted by Gasteiger charge is 2.37. The second-order valence-corrected chi connectivity index (χ2v) is 6.12. The Morgan fingerprint density at radius 2 is 1.59 bits per heavy atom. The molecule has 1 saturated heterocycles. The SMILES string of the molecule is CCB1OC[C@H](OC(=O)c2ccccc2)[C@@H](COC(=O)c2ccccc2)O1. The van der Waals surface area contributed by atoms with Gasteiger partial charge < -0.3 is 18.8 Å². The third kappa shape index (κ3) is 5.18. The molecule has 1 aliphatic heterocycles. The number of hydrogen-bond acceptors (Lipinski definition) is 6. The topological polar surface area (TPSA) is 71.1 Å². The molecule has 0 bridgehead atoms. The van der Waals surface area contributed by atoms with Gasteiger partial charge in [-0.3, -0.25) is 0 Å². The van der Waals surface area contributed by atoms with Crippen molar-refractivity contribution in [2.45, 2.75) is 25.5 Å². The molecule has 6 nitrogen and oxygen atoms in total. The molecule has 1 aliphatic rings. The van der Waals surface area contributed by atoms with Gasteiger partial charge in [0.25, 0.3) is 0 Å². The molecule has 0 saturated carbocycles. The van der Waals surface area contributed by atoms with E-state index in [9.17, 15) is 9.59 Å². The fourth-order valence-electron chi connectivity index (χ4n) is 2.70. The summed E-state index contributed by atoms with van der Waals surface area (Å²) in [5, 5.41) is 0. The molecule has 3 rings (SSSR count). The summed E-state index contributed by atoms with van der Waals surface area (Å²) in [7, 11) is -0.419. The van der Waals surface area contributed by atoms with Crippen molar-refractivity contribution < 1.29 is 28.4 Å². The summed E-state index contributed by atoms with van der Waals surface area (Å²) in [4.78, 5) is 24.5. The lowest BCUT2D eigenvalue weighted by Crippen LogP contribution is -2.50. The van der Waals surface area contributed by atoms with Gasteiger partial charge in [0.15, 0.2) is 6.10 Å². The fraction of sp³-hybridized carbons (Fsp3) is 0.300. The van der Waals surface area contributed by atoms with Gasteiger partial charge in [0.05, 0.1) is 17.7 Å². The van der Waals surface area contributed by atoms with Crippen LogP contribution in [0.5, 0.6) is 0 Å². The summed E-state index contributed by atoms with van der Waals surface area (Å²) in [5.41, 5.74) is 0.893. The first kappa shape index (κ1) is 19.1. The maximum atomic E-state index is 12.3. The molecule has 1 fully saturated rings. The first-order valence-electron chi connectivity index (χ1n) is 8.92. The van der Waals surface area contributed by atoms with Crippen molar-refractivity contribution in [3.05, 3.63) is 71.8 Å². The normalized spacial score (nSPS) is 19.4. The molecule has 7 heteroatoms. The van der Waals surface area contributed by atoms with Crippen LogP contribution in [0.15, 0.2) is 60.7 Å². The van der Waals surface area contributed by atoms with Crippen molar-refractivity contribution in [1.82, 2.24) is 0 Å². The van der Waals surface area contributed by atoms with Gasteiger partial charge in [0, 0.05) is 0 Å². The number of rotatable bonds is 6. The van der Waals surface area contributed by atoms with Crippen molar-refractivity contribution in [2.75, 3.05) is 13.2 Å². The summed E-state index contributed by atoms with van der Waals surface area (Å²) >= 11 is 0. The Hall–Kier alpha value is -2.64. The van der Waals surface area contributed by atoms with E-state index < -0.39 is 31.3 Å². The highest BCUT2D eigenvalue weighted by atomic mass is 16.7. The molecule has 2 aromatic rings. The van der Waals surface area contributed by atoms with Crippen LogP contribution in [0.4, 0.5) is 0 Å². The van der Waals surface area contributed by atoms with E-state index in [1.807, 2.05) is 19.1 Å². The zero-order valence-corrected chi connectivity index (χ0v) is 15.1. The molecule has 0 aliphatic carbocycles. The molecular formula is C20H21BO6. The molecule has 1 heterocycles. The Morgan fingerprint density at radius 1 is 1.00 bits per heavy atom. The summed E-state index contributed by atoms with van der Waals surface area (Å²) in [6, 6.07) is 17.4. The number of carbonyl (C=O) groups excluding carboxylic acids is 2. The number of hydrogen-bond donors (Lipinski definition) is 0. The van der Waals surface area contributed by atoms with Crippen LogP contribution >= 0.6 is 0 Å². The molecule has 0 aromatic heterocycles. The van der Waals surface area contributed by atoms with E-state index in [1.165, 1.54) is 0 Å². The second-order valence-electron chi connectivity index (χ2n) is 6.12. The highest BCUT2D eigenvalue weighted by molar-refractivity contribution is 6.44. The van der Waals surface area contributed by atoms with E-state index in [0.717, 1.165) is 0 Å². The lowest BCUT2D eigenvalue weighted by atomic mass is 9.83. The van der Waals surface area contributed by atoms with E-state index >= 15 is 0 Å². The van der Waals surface area contributed by atoms with Gasteiger partial charge >= 0.3 is 19.1 Å². The number of esters is 2. The number of carbonyl (C=O) groups is 2. The first-order valence-corrected chi connectivity index (χ1v) is 8.92. The summed E-state index contributed by atoms with van der Waals surface area (Å²) in [5.74, 6) is -0.922. The maximum Gasteiger partial charge on any atom is 0.457 e. The predicted molar refractivity (Wildman–Crippen MR) is 99.4 cm³/mol. The Labute approximate surface area is 158 Å². The highest BCUT2D eigenvalue weighted by Crippen LogP contribution is 2.19. The largest absolute Gasteiger partial charge is 0.459 e. The predicted octanol–water partition coefficient (Wildman–Crippen LogP) is 2.99. The van der Waals surface area contributed by atoms with Crippen LogP contribution < -0.4 is 0 Å². The minimum absolute atomic E-state index is 0.0275. The number of benzene rings is 2. The molecule has 2 atom stereocenters.